The molecule has 1 aliphatic rings. The summed E-state index contributed by atoms with van der Waals surface area (Å²) in [6.07, 6.45) is 0. The SMILES string of the molecule is CC1(C)c2ccccc2-c2cc(N(c3ccc4sc5ccccc5c4c3)c3ccccc3-c3ccccc3)cc(-c3ccccc3)c21. The molecule has 8 aromatic rings. The molecule has 0 saturated heterocycles. The molecule has 0 bridgehead atoms. The van der Waals surface area contributed by atoms with E-state index in [2.05, 4.69) is 183 Å². The Bertz CT molecular complexity index is 2440. The lowest BCUT2D eigenvalue weighted by molar-refractivity contribution is 0.662. The second-order valence-corrected chi connectivity index (χ2v) is 14.0. The lowest BCUT2D eigenvalue weighted by atomic mass is 9.78. The van der Waals surface area contributed by atoms with E-state index in [0.717, 1.165) is 17.1 Å². The number of para-hydroxylation sites is 1. The highest BCUT2D eigenvalue weighted by Gasteiger charge is 2.38. The van der Waals surface area contributed by atoms with Crippen LogP contribution in [0.25, 0.3) is 53.6 Å². The van der Waals surface area contributed by atoms with Crippen molar-refractivity contribution in [3.05, 3.63) is 175 Å². The van der Waals surface area contributed by atoms with Gasteiger partial charge in [0.15, 0.2) is 0 Å². The van der Waals surface area contributed by atoms with Crippen molar-refractivity contribution in [1.82, 2.24) is 0 Å². The lowest BCUT2D eigenvalue weighted by Crippen LogP contribution is -2.17. The van der Waals surface area contributed by atoms with Gasteiger partial charge in [-0.1, -0.05) is 135 Å². The van der Waals surface area contributed by atoms with Crippen molar-refractivity contribution in [3.8, 4) is 33.4 Å². The molecule has 0 aliphatic heterocycles. The van der Waals surface area contributed by atoms with Crippen molar-refractivity contribution in [2.75, 3.05) is 4.90 Å². The molecule has 1 heterocycles. The molecule has 47 heavy (non-hydrogen) atoms. The van der Waals surface area contributed by atoms with Gasteiger partial charge >= 0.3 is 0 Å². The van der Waals surface area contributed by atoms with E-state index < -0.39 is 0 Å². The van der Waals surface area contributed by atoms with Gasteiger partial charge in [0.1, 0.15) is 0 Å². The largest absolute Gasteiger partial charge is 0.310 e. The van der Waals surface area contributed by atoms with E-state index in [9.17, 15) is 0 Å². The number of anilines is 3. The van der Waals surface area contributed by atoms with Gasteiger partial charge in [0.05, 0.1) is 5.69 Å². The zero-order valence-corrected chi connectivity index (χ0v) is 27.3. The van der Waals surface area contributed by atoms with Crippen molar-refractivity contribution in [2.24, 2.45) is 0 Å². The van der Waals surface area contributed by atoms with Crippen LogP contribution in [-0.2, 0) is 5.41 Å². The van der Waals surface area contributed by atoms with Gasteiger partial charge < -0.3 is 4.90 Å². The smallest absolute Gasteiger partial charge is 0.0540 e. The summed E-state index contributed by atoms with van der Waals surface area (Å²) in [6, 6.07) is 60.1. The third-order valence-electron chi connectivity index (χ3n) is 9.83. The first-order valence-corrected chi connectivity index (χ1v) is 17.1. The van der Waals surface area contributed by atoms with E-state index in [4.69, 9.17) is 0 Å². The lowest BCUT2D eigenvalue weighted by Gasteiger charge is -2.31. The Hall–Kier alpha value is -5.44. The van der Waals surface area contributed by atoms with Crippen molar-refractivity contribution in [2.45, 2.75) is 19.3 Å². The summed E-state index contributed by atoms with van der Waals surface area (Å²) in [5, 5.41) is 2.60. The molecule has 0 unspecified atom stereocenters. The van der Waals surface area contributed by atoms with E-state index in [-0.39, 0.29) is 5.41 Å². The van der Waals surface area contributed by atoms with Gasteiger partial charge in [0.25, 0.3) is 0 Å². The average Bonchev–Trinajstić information content (AvgIpc) is 3.61. The molecule has 2 heteroatoms. The molecule has 0 spiro atoms. The van der Waals surface area contributed by atoms with E-state index in [1.54, 1.807) is 0 Å². The number of benzene rings is 7. The highest BCUT2D eigenvalue weighted by molar-refractivity contribution is 7.25. The molecule has 7 aromatic carbocycles. The third-order valence-corrected chi connectivity index (χ3v) is 11.0. The van der Waals surface area contributed by atoms with Crippen LogP contribution in [0.1, 0.15) is 25.0 Å². The van der Waals surface area contributed by atoms with E-state index in [1.807, 2.05) is 11.3 Å². The molecule has 0 saturated carbocycles. The Balaban J connectivity index is 1.37. The molecule has 0 radical (unpaired) electrons. The van der Waals surface area contributed by atoms with Crippen LogP contribution in [0.4, 0.5) is 17.1 Å². The highest BCUT2D eigenvalue weighted by atomic mass is 32.1. The summed E-state index contributed by atoms with van der Waals surface area (Å²) in [4.78, 5) is 2.48. The minimum atomic E-state index is -0.128. The molecular formula is C45H33NS. The summed E-state index contributed by atoms with van der Waals surface area (Å²) >= 11 is 1.86. The maximum absolute atomic E-state index is 2.48. The van der Waals surface area contributed by atoms with Crippen LogP contribution in [0.15, 0.2) is 164 Å². The molecule has 0 amide bonds. The maximum Gasteiger partial charge on any atom is 0.0540 e. The zero-order chi connectivity index (χ0) is 31.5. The second kappa shape index (κ2) is 10.8. The number of thiophene rings is 1. The first kappa shape index (κ1) is 27.8. The Morgan fingerprint density at radius 3 is 1.83 bits per heavy atom. The number of nitrogens with zero attached hydrogens (tertiary/aromatic N) is 1. The zero-order valence-electron chi connectivity index (χ0n) is 26.4. The normalized spacial score (nSPS) is 13.1. The van der Waals surface area contributed by atoms with Gasteiger partial charge in [-0.25, -0.2) is 0 Å². The molecule has 0 atom stereocenters. The molecule has 0 N–H and O–H groups in total. The minimum Gasteiger partial charge on any atom is -0.310 e. The Morgan fingerprint density at radius 1 is 0.447 bits per heavy atom. The first-order valence-electron chi connectivity index (χ1n) is 16.3. The molecule has 224 valence electrons. The summed E-state index contributed by atoms with van der Waals surface area (Å²) in [6.45, 7) is 4.75. The monoisotopic (exact) mass is 619 g/mol. The van der Waals surface area contributed by atoms with Crippen LogP contribution in [0.2, 0.25) is 0 Å². The van der Waals surface area contributed by atoms with Crippen LogP contribution in [0.3, 0.4) is 0 Å². The van der Waals surface area contributed by atoms with Crippen LogP contribution in [0, 0.1) is 0 Å². The van der Waals surface area contributed by atoms with Crippen LogP contribution in [0.5, 0.6) is 0 Å². The second-order valence-electron chi connectivity index (χ2n) is 12.9. The summed E-state index contributed by atoms with van der Waals surface area (Å²) < 4.78 is 2.62. The van der Waals surface area contributed by atoms with Crippen molar-refractivity contribution in [1.29, 1.82) is 0 Å². The van der Waals surface area contributed by atoms with Gasteiger partial charge in [-0.2, -0.15) is 0 Å². The Labute approximate surface area is 280 Å². The van der Waals surface area contributed by atoms with Crippen LogP contribution >= 0.6 is 11.3 Å². The summed E-state index contributed by atoms with van der Waals surface area (Å²) in [7, 11) is 0. The fourth-order valence-electron chi connectivity index (χ4n) is 7.70. The highest BCUT2D eigenvalue weighted by Crippen LogP contribution is 2.55. The van der Waals surface area contributed by atoms with Gasteiger partial charge in [-0.15, -0.1) is 11.3 Å². The topological polar surface area (TPSA) is 3.24 Å². The van der Waals surface area contributed by atoms with Crippen LogP contribution in [-0.4, -0.2) is 0 Å². The van der Waals surface area contributed by atoms with E-state index in [1.165, 1.54) is 64.7 Å². The molecule has 1 aliphatic carbocycles. The number of rotatable bonds is 5. The quantitative estimate of drug-likeness (QED) is 0.185. The van der Waals surface area contributed by atoms with Crippen molar-refractivity contribution < 1.29 is 0 Å². The maximum atomic E-state index is 2.48. The predicted octanol–water partition coefficient (Wildman–Crippen LogP) is 13.2. The molecular weight excluding hydrogens is 587 g/mol. The molecule has 9 rings (SSSR count). The van der Waals surface area contributed by atoms with Gasteiger partial charge in [0, 0.05) is 42.5 Å². The Morgan fingerprint density at radius 2 is 1.04 bits per heavy atom. The summed E-state index contributed by atoms with van der Waals surface area (Å²) in [5.41, 5.74) is 13.6. The van der Waals surface area contributed by atoms with Gasteiger partial charge in [0.2, 0.25) is 0 Å². The van der Waals surface area contributed by atoms with Gasteiger partial charge in [-0.05, 0) is 81.4 Å². The molecule has 1 aromatic heterocycles. The number of hydrogen-bond acceptors (Lipinski definition) is 2. The fourth-order valence-corrected chi connectivity index (χ4v) is 8.78. The fraction of sp³-hybridized carbons (Fsp3) is 0.0667. The van der Waals surface area contributed by atoms with Gasteiger partial charge in [-0.3, -0.25) is 0 Å². The van der Waals surface area contributed by atoms with E-state index in [0.29, 0.717) is 0 Å². The molecule has 0 fully saturated rings. The third kappa shape index (κ3) is 4.44. The van der Waals surface area contributed by atoms with Crippen LogP contribution < -0.4 is 4.90 Å². The first-order chi connectivity index (χ1) is 23.1. The Kier molecular flexibility index (Phi) is 6.41. The standard InChI is InChI=1S/C45H33NS/c1-45(2)40-22-12-9-20-35(40)39-29-33(28-37(44(39)45)31-17-7-4-8-18-31)46(41-23-13-10-19-34(41)30-15-5-3-6-16-30)32-25-26-43-38(27-32)36-21-11-14-24-42(36)47-43/h3-29H,1-2H3. The van der Waals surface area contributed by atoms with E-state index >= 15 is 0 Å². The summed E-state index contributed by atoms with van der Waals surface area (Å²) in [5.74, 6) is 0. The van der Waals surface area contributed by atoms with Crippen molar-refractivity contribution in [3.63, 3.8) is 0 Å². The minimum absolute atomic E-state index is 0.128. The number of hydrogen-bond donors (Lipinski definition) is 0. The number of fused-ring (bicyclic) bond motifs is 6. The average molecular weight is 620 g/mol. The predicted molar refractivity (Wildman–Crippen MR) is 202 cm³/mol. The van der Waals surface area contributed by atoms with Crippen molar-refractivity contribution >= 4 is 48.6 Å². The molecule has 1 nitrogen and oxygen atoms in total.